The fraction of sp³-hybridized carbons (Fsp3) is 0.611. The van der Waals surface area contributed by atoms with Crippen molar-refractivity contribution in [2.75, 3.05) is 7.11 Å². The van der Waals surface area contributed by atoms with E-state index in [2.05, 4.69) is 24.4 Å². The van der Waals surface area contributed by atoms with Crippen LogP contribution in [-0.4, -0.2) is 19.1 Å². The fourth-order valence-electron chi connectivity index (χ4n) is 3.52. The zero-order chi connectivity index (χ0) is 14.8. The number of hydrogen-bond acceptors (Lipinski definition) is 2. The van der Waals surface area contributed by atoms with E-state index in [1.807, 2.05) is 12.1 Å². The topological polar surface area (TPSA) is 38.3 Å². The van der Waals surface area contributed by atoms with Crippen LogP contribution in [-0.2, 0) is 4.79 Å². The summed E-state index contributed by atoms with van der Waals surface area (Å²) in [4.78, 5) is 12.4. The van der Waals surface area contributed by atoms with Crippen molar-refractivity contribution in [3.8, 4) is 5.75 Å². The van der Waals surface area contributed by atoms with Gasteiger partial charge < -0.3 is 10.1 Å². The quantitative estimate of drug-likeness (QED) is 0.920. The van der Waals surface area contributed by atoms with Crippen molar-refractivity contribution in [1.29, 1.82) is 0 Å². The SMILES string of the molecule is COc1ccc(C2CC2C(=O)NC2CCCCC2C)cc1. The third kappa shape index (κ3) is 3.22. The van der Waals surface area contributed by atoms with Gasteiger partial charge >= 0.3 is 0 Å². The molecule has 2 aliphatic carbocycles. The van der Waals surface area contributed by atoms with Gasteiger partial charge in [0.2, 0.25) is 5.91 Å². The molecule has 2 fully saturated rings. The van der Waals surface area contributed by atoms with Crippen LogP contribution in [0.5, 0.6) is 5.75 Å². The van der Waals surface area contributed by atoms with Crippen molar-refractivity contribution in [1.82, 2.24) is 5.32 Å². The molecule has 4 atom stereocenters. The molecule has 0 saturated heterocycles. The molecule has 21 heavy (non-hydrogen) atoms. The van der Waals surface area contributed by atoms with Gasteiger partial charge in [-0.2, -0.15) is 0 Å². The van der Waals surface area contributed by atoms with E-state index in [4.69, 9.17) is 4.74 Å². The van der Waals surface area contributed by atoms with Gasteiger partial charge in [-0.05, 0) is 48.8 Å². The molecule has 0 bridgehead atoms. The van der Waals surface area contributed by atoms with E-state index in [0.29, 0.717) is 17.9 Å². The Morgan fingerprint density at radius 1 is 1.19 bits per heavy atom. The van der Waals surface area contributed by atoms with Crippen LogP contribution in [0.2, 0.25) is 0 Å². The average molecular weight is 287 g/mol. The summed E-state index contributed by atoms with van der Waals surface area (Å²) in [5.74, 6) is 2.33. The Labute approximate surface area is 127 Å². The summed E-state index contributed by atoms with van der Waals surface area (Å²) in [6.45, 7) is 2.26. The Kier molecular flexibility index (Phi) is 4.18. The second kappa shape index (κ2) is 6.08. The Morgan fingerprint density at radius 3 is 2.57 bits per heavy atom. The summed E-state index contributed by atoms with van der Waals surface area (Å²) in [6.07, 6.45) is 5.94. The maximum absolute atomic E-state index is 12.4. The Balaban J connectivity index is 1.55. The highest BCUT2D eigenvalue weighted by Crippen LogP contribution is 2.48. The number of hydrogen-bond donors (Lipinski definition) is 1. The van der Waals surface area contributed by atoms with Crippen LogP contribution in [0.1, 0.15) is 50.5 Å². The van der Waals surface area contributed by atoms with Crippen molar-refractivity contribution >= 4 is 5.91 Å². The van der Waals surface area contributed by atoms with Crippen LogP contribution in [0.25, 0.3) is 0 Å². The first-order valence-corrected chi connectivity index (χ1v) is 8.13. The van der Waals surface area contributed by atoms with Crippen LogP contribution in [0, 0.1) is 11.8 Å². The summed E-state index contributed by atoms with van der Waals surface area (Å²) < 4.78 is 5.18. The number of amides is 1. The second-order valence-corrected chi connectivity index (χ2v) is 6.60. The summed E-state index contributed by atoms with van der Waals surface area (Å²) >= 11 is 0. The van der Waals surface area contributed by atoms with Gasteiger partial charge in [0.25, 0.3) is 0 Å². The van der Waals surface area contributed by atoms with E-state index in [9.17, 15) is 4.79 Å². The molecule has 3 heteroatoms. The first kappa shape index (κ1) is 14.4. The number of nitrogens with one attached hydrogen (secondary N) is 1. The van der Waals surface area contributed by atoms with Crippen LogP contribution < -0.4 is 10.1 Å². The van der Waals surface area contributed by atoms with E-state index < -0.39 is 0 Å². The molecule has 1 N–H and O–H groups in total. The molecule has 0 heterocycles. The zero-order valence-electron chi connectivity index (χ0n) is 13.0. The molecule has 4 unspecified atom stereocenters. The molecule has 0 aromatic heterocycles. The molecule has 0 spiro atoms. The molecule has 2 aliphatic rings. The standard InChI is InChI=1S/C18H25NO2/c1-12-5-3-4-6-17(12)19-18(20)16-11-15(16)13-7-9-14(21-2)10-8-13/h7-10,12,15-17H,3-6,11H2,1-2H3,(H,19,20). The maximum atomic E-state index is 12.4. The van der Waals surface area contributed by atoms with Gasteiger partial charge in [-0.3, -0.25) is 4.79 Å². The first-order chi connectivity index (χ1) is 10.2. The van der Waals surface area contributed by atoms with Gasteiger partial charge in [-0.15, -0.1) is 0 Å². The van der Waals surface area contributed by atoms with E-state index in [1.54, 1.807) is 7.11 Å². The molecule has 1 aromatic rings. The fourth-order valence-corrected chi connectivity index (χ4v) is 3.52. The van der Waals surface area contributed by atoms with Gasteiger partial charge in [0.1, 0.15) is 5.75 Å². The van der Waals surface area contributed by atoms with Crippen LogP contribution in [0.15, 0.2) is 24.3 Å². The Bertz CT molecular complexity index is 496. The lowest BCUT2D eigenvalue weighted by Crippen LogP contribution is -2.41. The van der Waals surface area contributed by atoms with E-state index in [1.165, 1.54) is 24.8 Å². The van der Waals surface area contributed by atoms with Crippen molar-refractivity contribution in [3.05, 3.63) is 29.8 Å². The van der Waals surface area contributed by atoms with Gasteiger partial charge in [-0.1, -0.05) is 31.9 Å². The van der Waals surface area contributed by atoms with Gasteiger partial charge in [0.05, 0.1) is 7.11 Å². The lowest BCUT2D eigenvalue weighted by molar-refractivity contribution is -0.123. The molecule has 2 saturated carbocycles. The number of carbonyl (C=O) groups excluding carboxylic acids is 1. The van der Waals surface area contributed by atoms with E-state index >= 15 is 0 Å². The molecule has 3 rings (SSSR count). The molecule has 3 nitrogen and oxygen atoms in total. The minimum Gasteiger partial charge on any atom is -0.497 e. The van der Waals surface area contributed by atoms with Crippen LogP contribution in [0.4, 0.5) is 0 Å². The minimum atomic E-state index is 0.174. The number of rotatable bonds is 4. The Hall–Kier alpha value is -1.51. The molecule has 0 radical (unpaired) electrons. The lowest BCUT2D eigenvalue weighted by Gasteiger charge is -2.29. The normalized spacial score (nSPS) is 31.5. The predicted octanol–water partition coefficient (Wildman–Crippen LogP) is 3.49. The van der Waals surface area contributed by atoms with Crippen molar-refractivity contribution < 1.29 is 9.53 Å². The third-order valence-corrected chi connectivity index (χ3v) is 5.11. The predicted molar refractivity (Wildman–Crippen MR) is 83.4 cm³/mol. The number of carbonyl (C=O) groups is 1. The Morgan fingerprint density at radius 2 is 1.90 bits per heavy atom. The monoisotopic (exact) mass is 287 g/mol. The van der Waals surface area contributed by atoms with Crippen LogP contribution >= 0.6 is 0 Å². The summed E-state index contributed by atoms with van der Waals surface area (Å²) in [5, 5.41) is 3.29. The molecular weight excluding hydrogens is 262 g/mol. The summed E-state index contributed by atoms with van der Waals surface area (Å²) in [7, 11) is 1.67. The molecular formula is C18H25NO2. The number of benzene rings is 1. The van der Waals surface area contributed by atoms with E-state index in [-0.39, 0.29) is 11.8 Å². The van der Waals surface area contributed by atoms with Crippen molar-refractivity contribution in [2.24, 2.45) is 11.8 Å². The third-order valence-electron chi connectivity index (χ3n) is 5.11. The zero-order valence-corrected chi connectivity index (χ0v) is 13.0. The molecule has 1 amide bonds. The summed E-state index contributed by atoms with van der Waals surface area (Å²) in [5.41, 5.74) is 1.26. The van der Waals surface area contributed by atoms with Crippen LogP contribution in [0.3, 0.4) is 0 Å². The molecule has 1 aromatic carbocycles. The van der Waals surface area contributed by atoms with Gasteiger partial charge in [0, 0.05) is 12.0 Å². The van der Waals surface area contributed by atoms with Crippen molar-refractivity contribution in [2.45, 2.75) is 51.0 Å². The maximum Gasteiger partial charge on any atom is 0.223 e. The second-order valence-electron chi connectivity index (χ2n) is 6.60. The highest BCUT2D eigenvalue weighted by Gasteiger charge is 2.44. The van der Waals surface area contributed by atoms with Gasteiger partial charge in [0.15, 0.2) is 0 Å². The lowest BCUT2D eigenvalue weighted by atomic mass is 9.86. The smallest absolute Gasteiger partial charge is 0.223 e. The highest BCUT2D eigenvalue weighted by atomic mass is 16.5. The molecule has 0 aliphatic heterocycles. The first-order valence-electron chi connectivity index (χ1n) is 8.13. The highest BCUT2D eigenvalue weighted by molar-refractivity contribution is 5.83. The molecule has 114 valence electrons. The minimum absolute atomic E-state index is 0.174. The number of ether oxygens (including phenoxy) is 1. The summed E-state index contributed by atoms with van der Waals surface area (Å²) in [6, 6.07) is 8.51. The van der Waals surface area contributed by atoms with Gasteiger partial charge in [-0.25, -0.2) is 0 Å². The average Bonchev–Trinajstić information content (AvgIpc) is 3.30. The largest absolute Gasteiger partial charge is 0.497 e. The number of methoxy groups -OCH3 is 1. The van der Waals surface area contributed by atoms with Crippen molar-refractivity contribution in [3.63, 3.8) is 0 Å². The van der Waals surface area contributed by atoms with E-state index in [0.717, 1.165) is 18.6 Å².